The SMILES string of the molecule is CN(CC1CCC1)c1cccc(C(=O)O)c1[N+](=O)[O-]. The van der Waals surface area contributed by atoms with Crippen LogP contribution in [0.4, 0.5) is 11.4 Å². The number of nitro groups is 1. The highest BCUT2D eigenvalue weighted by Crippen LogP contribution is 2.34. The molecule has 0 amide bonds. The summed E-state index contributed by atoms with van der Waals surface area (Å²) in [5.74, 6) is -0.719. The maximum Gasteiger partial charge on any atom is 0.342 e. The van der Waals surface area contributed by atoms with E-state index in [9.17, 15) is 14.9 Å². The first-order chi connectivity index (χ1) is 9.00. The van der Waals surface area contributed by atoms with Gasteiger partial charge in [0.2, 0.25) is 0 Å². The van der Waals surface area contributed by atoms with Gasteiger partial charge in [-0.1, -0.05) is 12.5 Å². The number of nitrogens with zero attached hydrogens (tertiary/aromatic N) is 2. The molecule has 1 aromatic rings. The van der Waals surface area contributed by atoms with Crippen LogP contribution < -0.4 is 4.90 Å². The lowest BCUT2D eigenvalue weighted by Crippen LogP contribution is -2.30. The van der Waals surface area contributed by atoms with Gasteiger partial charge in [-0.3, -0.25) is 10.1 Å². The molecule has 1 aliphatic rings. The summed E-state index contributed by atoms with van der Waals surface area (Å²) < 4.78 is 0. The van der Waals surface area contributed by atoms with Gasteiger partial charge in [0.25, 0.3) is 0 Å². The van der Waals surface area contributed by atoms with Crippen molar-refractivity contribution in [3.05, 3.63) is 33.9 Å². The van der Waals surface area contributed by atoms with E-state index in [-0.39, 0.29) is 11.3 Å². The highest BCUT2D eigenvalue weighted by molar-refractivity contribution is 5.95. The van der Waals surface area contributed by atoms with E-state index >= 15 is 0 Å². The lowest BCUT2D eigenvalue weighted by atomic mass is 9.85. The van der Waals surface area contributed by atoms with Crippen molar-refractivity contribution >= 4 is 17.3 Å². The van der Waals surface area contributed by atoms with E-state index < -0.39 is 10.9 Å². The molecule has 19 heavy (non-hydrogen) atoms. The van der Waals surface area contributed by atoms with E-state index in [0.29, 0.717) is 11.6 Å². The van der Waals surface area contributed by atoms with Gasteiger partial charge < -0.3 is 10.0 Å². The Morgan fingerprint density at radius 2 is 2.21 bits per heavy atom. The molecule has 0 aliphatic heterocycles. The second-order valence-corrected chi connectivity index (χ2v) is 4.91. The average Bonchev–Trinajstić information content (AvgIpc) is 2.32. The van der Waals surface area contributed by atoms with Crippen LogP contribution in [-0.4, -0.2) is 29.6 Å². The Hall–Kier alpha value is -2.11. The van der Waals surface area contributed by atoms with Gasteiger partial charge in [-0.15, -0.1) is 0 Å². The molecule has 0 atom stereocenters. The maximum absolute atomic E-state index is 11.1. The number of nitro benzene ring substituents is 1. The normalized spacial score (nSPS) is 14.8. The predicted octanol–water partition coefficient (Wildman–Crippen LogP) is 2.53. The maximum atomic E-state index is 11.1. The molecule has 6 heteroatoms. The number of carboxylic acid groups (broad SMARTS) is 1. The molecule has 1 aromatic carbocycles. The van der Waals surface area contributed by atoms with Gasteiger partial charge in [-0.25, -0.2) is 4.79 Å². The molecule has 0 unspecified atom stereocenters. The molecule has 0 aromatic heterocycles. The minimum absolute atomic E-state index is 0.261. The Kier molecular flexibility index (Phi) is 3.69. The average molecular weight is 264 g/mol. The minimum Gasteiger partial charge on any atom is -0.477 e. The smallest absolute Gasteiger partial charge is 0.342 e. The molecular formula is C13H16N2O4. The number of hydrogen-bond acceptors (Lipinski definition) is 4. The van der Waals surface area contributed by atoms with Crippen molar-refractivity contribution in [3.63, 3.8) is 0 Å². The molecule has 1 N–H and O–H groups in total. The summed E-state index contributed by atoms with van der Waals surface area (Å²) in [5.41, 5.74) is -0.211. The molecular weight excluding hydrogens is 248 g/mol. The highest BCUT2D eigenvalue weighted by atomic mass is 16.6. The first kappa shape index (κ1) is 13.3. The molecule has 6 nitrogen and oxygen atoms in total. The van der Waals surface area contributed by atoms with E-state index in [2.05, 4.69) is 0 Å². The third-order valence-corrected chi connectivity index (χ3v) is 3.60. The number of rotatable bonds is 5. The fraction of sp³-hybridized carbons (Fsp3) is 0.462. The van der Waals surface area contributed by atoms with Crippen molar-refractivity contribution in [1.29, 1.82) is 0 Å². The van der Waals surface area contributed by atoms with Crippen LogP contribution in [0.3, 0.4) is 0 Å². The molecule has 0 saturated heterocycles. The minimum atomic E-state index is -1.27. The first-order valence-corrected chi connectivity index (χ1v) is 6.22. The van der Waals surface area contributed by atoms with E-state index in [1.54, 1.807) is 24.1 Å². The summed E-state index contributed by atoms with van der Waals surface area (Å²) in [5, 5.41) is 20.2. The van der Waals surface area contributed by atoms with Gasteiger partial charge in [-0.05, 0) is 30.9 Å². The predicted molar refractivity (Wildman–Crippen MR) is 70.7 cm³/mol. The standard InChI is InChI=1S/C13H16N2O4/c1-14(8-9-4-2-5-9)11-7-3-6-10(13(16)17)12(11)15(18)19/h3,6-7,9H,2,4-5,8H2,1H3,(H,16,17). The number of carboxylic acids is 1. The fourth-order valence-corrected chi connectivity index (χ4v) is 2.36. The first-order valence-electron chi connectivity index (χ1n) is 6.22. The molecule has 1 aliphatic carbocycles. The van der Waals surface area contributed by atoms with Crippen LogP contribution in [0.5, 0.6) is 0 Å². The zero-order chi connectivity index (χ0) is 14.0. The number of hydrogen-bond donors (Lipinski definition) is 1. The molecule has 0 heterocycles. The quantitative estimate of drug-likeness (QED) is 0.652. The third kappa shape index (κ3) is 2.67. The second kappa shape index (κ2) is 5.26. The van der Waals surface area contributed by atoms with Crippen LogP contribution >= 0.6 is 0 Å². The van der Waals surface area contributed by atoms with Gasteiger partial charge in [-0.2, -0.15) is 0 Å². The van der Waals surface area contributed by atoms with Crippen molar-refractivity contribution in [2.45, 2.75) is 19.3 Å². The van der Waals surface area contributed by atoms with Crippen molar-refractivity contribution in [2.75, 3.05) is 18.5 Å². The Morgan fingerprint density at radius 3 is 2.68 bits per heavy atom. The van der Waals surface area contributed by atoms with Crippen molar-refractivity contribution < 1.29 is 14.8 Å². The number of benzene rings is 1. The lowest BCUT2D eigenvalue weighted by molar-refractivity contribution is -0.384. The topological polar surface area (TPSA) is 83.7 Å². The monoisotopic (exact) mass is 264 g/mol. The van der Waals surface area contributed by atoms with Crippen LogP contribution in [-0.2, 0) is 0 Å². The van der Waals surface area contributed by atoms with Crippen molar-refractivity contribution in [3.8, 4) is 0 Å². The summed E-state index contributed by atoms with van der Waals surface area (Å²) >= 11 is 0. The van der Waals surface area contributed by atoms with Crippen LogP contribution in [0.2, 0.25) is 0 Å². The summed E-state index contributed by atoms with van der Waals surface area (Å²) in [6.45, 7) is 0.726. The molecule has 0 spiro atoms. The molecule has 102 valence electrons. The number of para-hydroxylation sites is 1. The summed E-state index contributed by atoms with van der Waals surface area (Å²) in [6.07, 6.45) is 3.48. The summed E-state index contributed by atoms with van der Waals surface area (Å²) in [7, 11) is 1.77. The Balaban J connectivity index is 2.34. The van der Waals surface area contributed by atoms with Gasteiger partial charge in [0.05, 0.1) is 4.92 Å². The van der Waals surface area contributed by atoms with Crippen molar-refractivity contribution in [1.82, 2.24) is 0 Å². The van der Waals surface area contributed by atoms with Gasteiger partial charge in [0.1, 0.15) is 11.3 Å². The summed E-state index contributed by atoms with van der Waals surface area (Å²) in [6, 6.07) is 4.41. The van der Waals surface area contributed by atoms with Crippen molar-refractivity contribution in [2.24, 2.45) is 5.92 Å². The Bertz CT molecular complexity index is 511. The summed E-state index contributed by atoms with van der Waals surface area (Å²) in [4.78, 5) is 23.4. The molecule has 1 saturated carbocycles. The molecule has 0 radical (unpaired) electrons. The van der Waals surface area contributed by atoms with E-state index in [1.165, 1.54) is 12.5 Å². The second-order valence-electron chi connectivity index (χ2n) is 4.91. The molecule has 0 bridgehead atoms. The zero-order valence-corrected chi connectivity index (χ0v) is 10.7. The zero-order valence-electron chi connectivity index (χ0n) is 10.7. The number of carbonyl (C=O) groups is 1. The lowest BCUT2D eigenvalue weighted by Gasteiger charge is -2.31. The van der Waals surface area contributed by atoms with Gasteiger partial charge in [0.15, 0.2) is 0 Å². The van der Waals surface area contributed by atoms with Crippen LogP contribution in [0.25, 0.3) is 0 Å². The van der Waals surface area contributed by atoms with Gasteiger partial charge in [0, 0.05) is 13.6 Å². The molecule has 2 rings (SSSR count). The number of aromatic carboxylic acids is 1. The largest absolute Gasteiger partial charge is 0.477 e. The highest BCUT2D eigenvalue weighted by Gasteiger charge is 2.28. The van der Waals surface area contributed by atoms with Crippen LogP contribution in [0.1, 0.15) is 29.6 Å². The van der Waals surface area contributed by atoms with Crippen LogP contribution in [0, 0.1) is 16.0 Å². The van der Waals surface area contributed by atoms with E-state index in [0.717, 1.165) is 19.4 Å². The van der Waals surface area contributed by atoms with E-state index in [1.807, 2.05) is 0 Å². The molecule has 1 fully saturated rings. The van der Waals surface area contributed by atoms with Crippen LogP contribution in [0.15, 0.2) is 18.2 Å². The Labute approximate surface area is 110 Å². The number of anilines is 1. The van der Waals surface area contributed by atoms with E-state index in [4.69, 9.17) is 5.11 Å². The fourth-order valence-electron chi connectivity index (χ4n) is 2.36. The Morgan fingerprint density at radius 1 is 1.53 bits per heavy atom. The van der Waals surface area contributed by atoms with Gasteiger partial charge >= 0.3 is 11.7 Å². The third-order valence-electron chi connectivity index (χ3n) is 3.60.